The Morgan fingerprint density at radius 1 is 0.410 bits per heavy atom. The van der Waals surface area contributed by atoms with Gasteiger partial charge in [0.1, 0.15) is 16.7 Å². The molecular weight excluding hydrogens is 478 g/mol. The van der Waals surface area contributed by atoms with E-state index in [2.05, 4.69) is 115 Å². The van der Waals surface area contributed by atoms with Crippen LogP contribution in [0, 0.1) is 0 Å². The van der Waals surface area contributed by atoms with Gasteiger partial charge in [0.25, 0.3) is 0 Å². The molecule has 0 amide bonds. The molecular formula is C36H23NO2. The number of para-hydroxylation sites is 3. The third kappa shape index (κ3) is 3.59. The van der Waals surface area contributed by atoms with Crippen molar-refractivity contribution in [2.24, 2.45) is 0 Å². The molecule has 0 unspecified atom stereocenters. The van der Waals surface area contributed by atoms with Crippen LogP contribution < -0.4 is 5.32 Å². The van der Waals surface area contributed by atoms with Gasteiger partial charge in [-0.3, -0.25) is 0 Å². The second-order valence-electron chi connectivity index (χ2n) is 9.85. The first-order valence-corrected chi connectivity index (χ1v) is 13.1. The van der Waals surface area contributed by atoms with Crippen LogP contribution in [0.2, 0.25) is 0 Å². The van der Waals surface area contributed by atoms with E-state index in [9.17, 15) is 0 Å². The van der Waals surface area contributed by atoms with Crippen LogP contribution in [0.3, 0.4) is 0 Å². The SMILES string of the molecule is c1ccc(-c2cccc3c2oc2ccc(-c4cccc(Nc5cccc6c5oc5ccccc56)c4)cc23)cc1. The highest BCUT2D eigenvalue weighted by Crippen LogP contribution is 2.38. The Kier molecular flexibility index (Phi) is 4.82. The third-order valence-corrected chi connectivity index (χ3v) is 7.46. The van der Waals surface area contributed by atoms with E-state index in [0.29, 0.717) is 0 Å². The van der Waals surface area contributed by atoms with Gasteiger partial charge in [-0.1, -0.05) is 97.1 Å². The molecule has 184 valence electrons. The van der Waals surface area contributed by atoms with E-state index in [1.807, 2.05) is 24.3 Å². The fourth-order valence-electron chi connectivity index (χ4n) is 5.60. The van der Waals surface area contributed by atoms with Crippen molar-refractivity contribution in [3.05, 3.63) is 133 Å². The fraction of sp³-hybridized carbons (Fsp3) is 0. The van der Waals surface area contributed by atoms with Gasteiger partial charge >= 0.3 is 0 Å². The van der Waals surface area contributed by atoms with Gasteiger partial charge in [-0.2, -0.15) is 0 Å². The maximum absolute atomic E-state index is 6.37. The molecule has 0 saturated heterocycles. The van der Waals surface area contributed by atoms with E-state index in [1.165, 1.54) is 0 Å². The first kappa shape index (κ1) is 21.8. The van der Waals surface area contributed by atoms with Gasteiger partial charge in [-0.15, -0.1) is 0 Å². The van der Waals surface area contributed by atoms with Crippen LogP contribution in [0.5, 0.6) is 0 Å². The Hall–Kier alpha value is -5.28. The zero-order valence-electron chi connectivity index (χ0n) is 21.0. The summed E-state index contributed by atoms with van der Waals surface area (Å²) in [5, 5.41) is 8.07. The van der Waals surface area contributed by atoms with Crippen LogP contribution in [0.15, 0.2) is 142 Å². The summed E-state index contributed by atoms with van der Waals surface area (Å²) in [5.41, 5.74) is 10.1. The molecule has 0 radical (unpaired) electrons. The largest absolute Gasteiger partial charge is 0.455 e. The quantitative estimate of drug-likeness (QED) is 0.261. The fourth-order valence-corrected chi connectivity index (χ4v) is 5.60. The zero-order chi connectivity index (χ0) is 25.8. The average molecular weight is 502 g/mol. The highest BCUT2D eigenvalue weighted by atomic mass is 16.3. The van der Waals surface area contributed by atoms with Gasteiger partial charge in [0, 0.05) is 32.8 Å². The Morgan fingerprint density at radius 2 is 1.08 bits per heavy atom. The van der Waals surface area contributed by atoms with E-state index in [1.54, 1.807) is 0 Å². The van der Waals surface area contributed by atoms with Crippen LogP contribution >= 0.6 is 0 Å². The minimum atomic E-state index is 0.865. The Balaban J connectivity index is 1.19. The topological polar surface area (TPSA) is 38.3 Å². The van der Waals surface area contributed by atoms with Crippen molar-refractivity contribution in [3.63, 3.8) is 0 Å². The summed E-state index contributed by atoms with van der Waals surface area (Å²) in [7, 11) is 0. The predicted octanol–water partition coefficient (Wildman–Crippen LogP) is 10.6. The van der Waals surface area contributed by atoms with Crippen molar-refractivity contribution in [2.75, 3.05) is 5.32 Å². The van der Waals surface area contributed by atoms with Gasteiger partial charge < -0.3 is 14.2 Å². The molecule has 8 aromatic rings. The number of hydrogen-bond acceptors (Lipinski definition) is 3. The normalized spacial score (nSPS) is 11.6. The van der Waals surface area contributed by atoms with E-state index >= 15 is 0 Å². The maximum atomic E-state index is 6.37. The molecule has 1 N–H and O–H groups in total. The molecule has 0 aliphatic heterocycles. The smallest absolute Gasteiger partial charge is 0.158 e. The molecule has 0 spiro atoms. The number of fused-ring (bicyclic) bond motifs is 6. The monoisotopic (exact) mass is 501 g/mol. The van der Waals surface area contributed by atoms with Crippen LogP contribution in [-0.2, 0) is 0 Å². The Morgan fingerprint density at radius 3 is 2.00 bits per heavy atom. The second kappa shape index (κ2) is 8.64. The van der Waals surface area contributed by atoms with Crippen molar-refractivity contribution in [1.29, 1.82) is 0 Å². The van der Waals surface area contributed by atoms with E-state index < -0.39 is 0 Å². The van der Waals surface area contributed by atoms with Crippen LogP contribution in [0.25, 0.3) is 66.1 Å². The maximum Gasteiger partial charge on any atom is 0.158 e. The standard InChI is InChI=1S/C36H23NO2/c1-2-9-23(10-3-1)27-14-7-15-30-31-22-25(19-20-34(31)38-35(27)30)24-11-6-12-26(21-24)37-32-17-8-16-29-28-13-4-5-18-33(28)39-36(29)32/h1-22,37H. The predicted molar refractivity (Wildman–Crippen MR) is 162 cm³/mol. The summed E-state index contributed by atoms with van der Waals surface area (Å²) in [6.45, 7) is 0. The lowest BCUT2D eigenvalue weighted by Crippen LogP contribution is -1.91. The summed E-state index contributed by atoms with van der Waals surface area (Å²) in [6.07, 6.45) is 0. The molecule has 2 aromatic heterocycles. The molecule has 3 heteroatoms. The number of furan rings is 2. The third-order valence-electron chi connectivity index (χ3n) is 7.46. The van der Waals surface area contributed by atoms with E-state index in [0.717, 1.165) is 77.5 Å². The first-order chi connectivity index (χ1) is 19.3. The highest BCUT2D eigenvalue weighted by molar-refractivity contribution is 6.11. The first-order valence-electron chi connectivity index (χ1n) is 13.1. The lowest BCUT2D eigenvalue weighted by Gasteiger charge is -2.09. The molecule has 0 atom stereocenters. The number of benzene rings is 6. The lowest BCUT2D eigenvalue weighted by molar-refractivity contribution is 0.669. The van der Waals surface area contributed by atoms with Crippen LogP contribution in [0.4, 0.5) is 11.4 Å². The molecule has 0 saturated carbocycles. The zero-order valence-corrected chi connectivity index (χ0v) is 21.0. The van der Waals surface area contributed by atoms with Gasteiger partial charge in [-0.25, -0.2) is 0 Å². The average Bonchev–Trinajstić information content (AvgIpc) is 3.57. The van der Waals surface area contributed by atoms with Gasteiger partial charge in [-0.05, 0) is 53.1 Å². The van der Waals surface area contributed by atoms with Gasteiger partial charge in [0.15, 0.2) is 5.58 Å². The van der Waals surface area contributed by atoms with E-state index in [4.69, 9.17) is 8.83 Å². The number of nitrogens with one attached hydrogen (secondary N) is 1. The molecule has 39 heavy (non-hydrogen) atoms. The Labute approximate surface area is 224 Å². The second-order valence-corrected chi connectivity index (χ2v) is 9.85. The lowest BCUT2D eigenvalue weighted by atomic mass is 10.00. The molecule has 0 bridgehead atoms. The Bertz CT molecular complexity index is 2150. The van der Waals surface area contributed by atoms with E-state index in [-0.39, 0.29) is 0 Å². The molecule has 0 fully saturated rings. The summed E-state index contributed by atoms with van der Waals surface area (Å²) < 4.78 is 12.6. The summed E-state index contributed by atoms with van der Waals surface area (Å²) in [4.78, 5) is 0. The van der Waals surface area contributed by atoms with Crippen molar-refractivity contribution >= 4 is 55.3 Å². The minimum absolute atomic E-state index is 0.865. The van der Waals surface area contributed by atoms with Gasteiger partial charge in [0.05, 0.1) is 5.69 Å². The summed E-state index contributed by atoms with van der Waals surface area (Å²) >= 11 is 0. The van der Waals surface area contributed by atoms with Crippen molar-refractivity contribution < 1.29 is 8.83 Å². The van der Waals surface area contributed by atoms with Crippen molar-refractivity contribution in [2.45, 2.75) is 0 Å². The van der Waals surface area contributed by atoms with Crippen molar-refractivity contribution in [1.82, 2.24) is 0 Å². The molecule has 6 aromatic carbocycles. The molecule has 2 heterocycles. The highest BCUT2D eigenvalue weighted by Gasteiger charge is 2.14. The molecule has 8 rings (SSSR count). The number of anilines is 2. The molecule has 3 nitrogen and oxygen atoms in total. The summed E-state index contributed by atoms with van der Waals surface area (Å²) in [5.74, 6) is 0. The summed E-state index contributed by atoms with van der Waals surface area (Å²) in [6, 6.07) is 46.1. The van der Waals surface area contributed by atoms with Crippen molar-refractivity contribution in [3.8, 4) is 22.3 Å². The van der Waals surface area contributed by atoms with Gasteiger partial charge in [0.2, 0.25) is 0 Å². The number of rotatable bonds is 4. The van der Waals surface area contributed by atoms with Crippen LogP contribution in [0.1, 0.15) is 0 Å². The molecule has 0 aliphatic rings. The van der Waals surface area contributed by atoms with Crippen LogP contribution in [-0.4, -0.2) is 0 Å². The molecule has 0 aliphatic carbocycles. The minimum Gasteiger partial charge on any atom is -0.455 e. The number of hydrogen-bond donors (Lipinski definition) is 1.